The average molecular weight is 250 g/mol. The molecule has 98 valence electrons. The molecule has 16 heavy (non-hydrogen) atoms. The lowest BCUT2D eigenvalue weighted by molar-refractivity contribution is 0.0848. The van der Waals surface area contributed by atoms with Gasteiger partial charge < -0.3 is 25.4 Å². The second-order valence-corrected chi connectivity index (χ2v) is 7.22. The molecule has 5 nitrogen and oxygen atoms in total. The van der Waals surface area contributed by atoms with Crippen LogP contribution in [0.1, 0.15) is 26.2 Å². The number of nitrogens with two attached hydrogens (primary N) is 2. The van der Waals surface area contributed by atoms with Gasteiger partial charge in [0.25, 0.3) is 0 Å². The third-order valence-corrected chi connectivity index (χ3v) is 5.69. The summed E-state index contributed by atoms with van der Waals surface area (Å²) >= 11 is 0. The van der Waals surface area contributed by atoms with E-state index in [1.807, 2.05) is 6.92 Å². The zero-order chi connectivity index (χ0) is 12.6. The minimum absolute atomic E-state index is 0.331. The van der Waals surface area contributed by atoms with Crippen LogP contribution in [0.2, 0.25) is 5.04 Å². The zero-order valence-electron chi connectivity index (χ0n) is 10.6. The summed E-state index contributed by atoms with van der Waals surface area (Å²) in [5.41, 5.74) is 11.0. The number of aliphatic hydroxyl groups is 1. The molecule has 6 heteroatoms. The van der Waals surface area contributed by atoms with Crippen LogP contribution in [0.5, 0.6) is 0 Å². The van der Waals surface area contributed by atoms with Crippen LogP contribution in [0.4, 0.5) is 0 Å². The topological polar surface area (TPSA) is 90.7 Å². The summed E-state index contributed by atoms with van der Waals surface area (Å²) < 4.78 is 10.8. The Morgan fingerprint density at radius 1 is 1.25 bits per heavy atom. The van der Waals surface area contributed by atoms with Gasteiger partial charge in [0.05, 0.1) is 6.10 Å². The fraction of sp³-hybridized carbons (Fsp3) is 1.00. The average Bonchev–Trinajstić information content (AvgIpc) is 2.28. The molecular formula is C10H26N2O3Si. The molecule has 0 heterocycles. The Bertz CT molecular complexity index is 181. The van der Waals surface area contributed by atoms with E-state index in [2.05, 4.69) is 0 Å². The number of rotatable bonds is 9. The Balaban J connectivity index is 4.69. The summed E-state index contributed by atoms with van der Waals surface area (Å²) in [5, 5.41) is 9.85. The summed E-state index contributed by atoms with van der Waals surface area (Å²) in [4.78, 5) is 0. The molecule has 0 bridgehead atoms. The van der Waals surface area contributed by atoms with E-state index in [-0.39, 0.29) is 5.04 Å². The highest BCUT2D eigenvalue weighted by Gasteiger charge is 2.43. The standard InChI is InChI=1S/C10H26N2O3Si/c1-10(6-4-7-11,9(13)5-8-12)16(14-2)15-3/h9,13,16H,4-8,11-12H2,1-3H3. The molecule has 0 aromatic heterocycles. The Kier molecular flexibility index (Phi) is 8.17. The van der Waals surface area contributed by atoms with E-state index >= 15 is 0 Å². The van der Waals surface area contributed by atoms with E-state index in [0.717, 1.165) is 12.8 Å². The SMILES string of the molecule is CO[SiH](OC)C(C)(CCCN)C(O)CCN. The molecule has 0 aliphatic heterocycles. The second kappa shape index (κ2) is 8.16. The first-order valence-corrected chi connectivity index (χ1v) is 7.22. The van der Waals surface area contributed by atoms with E-state index < -0.39 is 15.4 Å². The van der Waals surface area contributed by atoms with Crippen molar-refractivity contribution in [2.75, 3.05) is 27.3 Å². The summed E-state index contributed by atoms with van der Waals surface area (Å²) in [6.07, 6.45) is 1.75. The van der Waals surface area contributed by atoms with E-state index in [1.54, 1.807) is 14.2 Å². The van der Waals surface area contributed by atoms with Gasteiger partial charge in [-0.1, -0.05) is 6.92 Å². The molecule has 0 amide bonds. The van der Waals surface area contributed by atoms with Gasteiger partial charge in [0.15, 0.2) is 0 Å². The molecule has 0 aromatic rings. The van der Waals surface area contributed by atoms with Crippen molar-refractivity contribution in [3.63, 3.8) is 0 Å². The van der Waals surface area contributed by atoms with Gasteiger partial charge in [0.2, 0.25) is 0 Å². The first-order chi connectivity index (χ1) is 7.56. The fourth-order valence-corrected chi connectivity index (χ4v) is 4.24. The van der Waals surface area contributed by atoms with Gasteiger partial charge in [-0.3, -0.25) is 0 Å². The highest BCUT2D eigenvalue weighted by molar-refractivity contribution is 6.48. The van der Waals surface area contributed by atoms with Gasteiger partial charge in [-0.25, -0.2) is 0 Å². The minimum atomic E-state index is -1.90. The Labute approximate surface area is 99.9 Å². The third kappa shape index (κ3) is 4.12. The maximum absolute atomic E-state index is 10.2. The molecule has 0 fully saturated rings. The monoisotopic (exact) mass is 250 g/mol. The van der Waals surface area contributed by atoms with Gasteiger partial charge in [0.1, 0.15) is 0 Å². The summed E-state index contributed by atoms with van der Waals surface area (Å²) in [7, 11) is 1.37. The molecule has 0 rings (SSSR count). The van der Waals surface area contributed by atoms with Crippen LogP contribution in [0.3, 0.4) is 0 Å². The molecule has 2 unspecified atom stereocenters. The zero-order valence-corrected chi connectivity index (χ0v) is 11.8. The maximum Gasteiger partial charge on any atom is 0.329 e. The van der Waals surface area contributed by atoms with Crippen LogP contribution in [0.25, 0.3) is 0 Å². The predicted molar refractivity (Wildman–Crippen MR) is 67.5 cm³/mol. The molecule has 0 aliphatic carbocycles. The lowest BCUT2D eigenvalue weighted by Gasteiger charge is -2.38. The van der Waals surface area contributed by atoms with Gasteiger partial charge >= 0.3 is 9.28 Å². The Hall–Kier alpha value is 0.0169. The summed E-state index contributed by atoms with van der Waals surface area (Å²) in [6, 6.07) is 0. The molecule has 0 aromatic carbocycles. The van der Waals surface area contributed by atoms with Crippen molar-refractivity contribution >= 4 is 9.28 Å². The predicted octanol–water partition coefficient (Wildman–Crippen LogP) is -0.291. The van der Waals surface area contributed by atoms with Crippen LogP contribution in [0.15, 0.2) is 0 Å². The van der Waals surface area contributed by atoms with Gasteiger partial charge in [0, 0.05) is 19.3 Å². The summed E-state index contributed by atoms with van der Waals surface area (Å²) in [5.74, 6) is 0. The van der Waals surface area contributed by atoms with Crippen molar-refractivity contribution in [1.29, 1.82) is 0 Å². The molecule has 0 saturated carbocycles. The van der Waals surface area contributed by atoms with Crippen LogP contribution in [-0.2, 0) is 8.85 Å². The molecule has 0 aliphatic rings. The van der Waals surface area contributed by atoms with Crippen molar-refractivity contribution in [2.24, 2.45) is 11.5 Å². The molecule has 0 saturated heterocycles. The first-order valence-electron chi connectivity index (χ1n) is 5.70. The van der Waals surface area contributed by atoms with Crippen LogP contribution < -0.4 is 11.5 Å². The van der Waals surface area contributed by atoms with E-state index in [9.17, 15) is 5.11 Å². The molecule has 0 radical (unpaired) electrons. The lowest BCUT2D eigenvalue weighted by atomic mass is 9.95. The minimum Gasteiger partial charge on any atom is -0.400 e. The quantitative estimate of drug-likeness (QED) is 0.489. The molecular weight excluding hydrogens is 224 g/mol. The number of hydrogen-bond donors (Lipinski definition) is 3. The van der Waals surface area contributed by atoms with Crippen molar-refractivity contribution in [2.45, 2.75) is 37.3 Å². The second-order valence-electron chi connectivity index (χ2n) is 4.29. The van der Waals surface area contributed by atoms with Crippen molar-refractivity contribution in [3.05, 3.63) is 0 Å². The first kappa shape index (κ1) is 16.0. The highest BCUT2D eigenvalue weighted by atomic mass is 28.3. The third-order valence-electron chi connectivity index (χ3n) is 3.09. The number of hydrogen-bond acceptors (Lipinski definition) is 5. The molecule has 5 N–H and O–H groups in total. The lowest BCUT2D eigenvalue weighted by Crippen LogP contribution is -2.44. The molecule has 0 spiro atoms. The highest BCUT2D eigenvalue weighted by Crippen LogP contribution is 2.40. The van der Waals surface area contributed by atoms with Crippen LogP contribution >= 0.6 is 0 Å². The van der Waals surface area contributed by atoms with Crippen LogP contribution in [0, 0.1) is 0 Å². The van der Waals surface area contributed by atoms with E-state index in [4.69, 9.17) is 20.3 Å². The number of aliphatic hydroxyl groups excluding tert-OH is 1. The largest absolute Gasteiger partial charge is 0.400 e. The Morgan fingerprint density at radius 3 is 2.19 bits per heavy atom. The van der Waals surface area contributed by atoms with Crippen molar-refractivity contribution in [1.82, 2.24) is 0 Å². The van der Waals surface area contributed by atoms with Crippen LogP contribution in [-0.4, -0.2) is 47.8 Å². The Morgan fingerprint density at radius 2 is 1.81 bits per heavy atom. The van der Waals surface area contributed by atoms with Gasteiger partial charge in [-0.15, -0.1) is 0 Å². The van der Waals surface area contributed by atoms with Gasteiger partial charge in [-0.2, -0.15) is 0 Å². The van der Waals surface area contributed by atoms with E-state index in [1.165, 1.54) is 0 Å². The maximum atomic E-state index is 10.2. The van der Waals surface area contributed by atoms with Crippen molar-refractivity contribution < 1.29 is 14.0 Å². The molecule has 2 atom stereocenters. The normalized spacial score (nSPS) is 17.4. The summed E-state index contributed by atoms with van der Waals surface area (Å²) in [6.45, 7) is 3.08. The van der Waals surface area contributed by atoms with E-state index in [0.29, 0.717) is 19.5 Å². The van der Waals surface area contributed by atoms with Gasteiger partial charge in [-0.05, 0) is 32.4 Å². The fourth-order valence-electron chi connectivity index (χ4n) is 2.05. The van der Waals surface area contributed by atoms with Crippen molar-refractivity contribution in [3.8, 4) is 0 Å². The smallest absolute Gasteiger partial charge is 0.329 e.